The Hall–Kier alpha value is -3.06. The van der Waals surface area contributed by atoms with Crippen molar-refractivity contribution < 1.29 is 18.7 Å². The highest BCUT2D eigenvalue weighted by Gasteiger charge is 2.37. The largest absolute Gasteiger partial charge is 0.495 e. The fourth-order valence-corrected chi connectivity index (χ4v) is 4.87. The fourth-order valence-electron chi connectivity index (χ4n) is 4.06. The van der Waals surface area contributed by atoms with Gasteiger partial charge in [-0.3, -0.25) is 14.5 Å². The average molecular weight is 439 g/mol. The van der Waals surface area contributed by atoms with E-state index in [0.717, 1.165) is 30.6 Å². The predicted octanol–water partition coefficient (Wildman–Crippen LogP) is 5.19. The van der Waals surface area contributed by atoms with E-state index in [1.165, 1.54) is 28.9 Å². The smallest absolute Gasteiger partial charge is 0.295 e. The normalized spacial score (nSPS) is 15.3. The molecule has 1 N–H and O–H groups in total. The number of anilines is 1. The molecule has 0 bridgehead atoms. The maximum atomic E-state index is 13.6. The van der Waals surface area contributed by atoms with Crippen LogP contribution >= 0.6 is 11.3 Å². The second-order valence-electron chi connectivity index (χ2n) is 7.59. The van der Waals surface area contributed by atoms with E-state index in [-0.39, 0.29) is 17.7 Å². The monoisotopic (exact) mass is 438 g/mol. The van der Waals surface area contributed by atoms with Crippen LogP contribution in [0.5, 0.6) is 5.75 Å². The number of nitrogens with one attached hydrogen (secondary N) is 1. The number of hydrogen-bond acceptors (Lipinski definition) is 5. The van der Waals surface area contributed by atoms with Crippen LogP contribution in [0.15, 0.2) is 64.6 Å². The fraction of sp³-hybridized carbons (Fsp3) is 0.333. The van der Waals surface area contributed by atoms with Gasteiger partial charge in [0.15, 0.2) is 11.8 Å². The topological polar surface area (TPSA) is 71.8 Å². The second-order valence-corrected chi connectivity index (χ2v) is 8.57. The molecule has 1 fully saturated rings. The number of thiophene rings is 1. The van der Waals surface area contributed by atoms with Crippen LogP contribution in [0.1, 0.15) is 53.6 Å². The predicted molar refractivity (Wildman–Crippen MR) is 121 cm³/mol. The SMILES string of the molecule is COc1ccccc1N(C(=O)c1ccco1)C(C(=O)NC1CCCCC1)c1cccs1. The minimum absolute atomic E-state index is 0.127. The Balaban J connectivity index is 1.78. The van der Waals surface area contributed by atoms with Gasteiger partial charge in [-0.15, -0.1) is 11.3 Å². The van der Waals surface area contributed by atoms with Crippen molar-refractivity contribution in [1.82, 2.24) is 5.32 Å². The summed E-state index contributed by atoms with van der Waals surface area (Å²) >= 11 is 1.45. The third-order valence-electron chi connectivity index (χ3n) is 5.57. The molecular formula is C24H26N2O4S. The molecule has 31 heavy (non-hydrogen) atoms. The molecule has 0 aliphatic heterocycles. The van der Waals surface area contributed by atoms with Crippen molar-refractivity contribution in [1.29, 1.82) is 0 Å². The van der Waals surface area contributed by atoms with Crippen molar-refractivity contribution in [3.63, 3.8) is 0 Å². The Kier molecular flexibility index (Phi) is 6.72. The van der Waals surface area contributed by atoms with Gasteiger partial charge in [0.1, 0.15) is 5.75 Å². The van der Waals surface area contributed by atoms with Crippen molar-refractivity contribution in [3.05, 3.63) is 70.8 Å². The number of nitrogens with zero attached hydrogens (tertiary/aromatic N) is 1. The quantitative estimate of drug-likeness (QED) is 0.551. The summed E-state index contributed by atoms with van der Waals surface area (Å²) in [5.41, 5.74) is 0.517. The Bertz CT molecular complexity index is 995. The van der Waals surface area contributed by atoms with Crippen LogP contribution in [-0.2, 0) is 4.79 Å². The van der Waals surface area contributed by atoms with E-state index in [0.29, 0.717) is 11.4 Å². The Morgan fingerprint density at radius 3 is 2.58 bits per heavy atom. The van der Waals surface area contributed by atoms with E-state index in [2.05, 4.69) is 5.32 Å². The summed E-state index contributed by atoms with van der Waals surface area (Å²) in [5, 5.41) is 5.11. The molecule has 2 aromatic heterocycles. The highest BCUT2D eigenvalue weighted by Crippen LogP contribution is 2.37. The molecule has 6 nitrogen and oxygen atoms in total. The number of carbonyl (C=O) groups excluding carboxylic acids is 2. The minimum atomic E-state index is -0.837. The molecule has 2 amide bonds. The molecule has 2 heterocycles. The standard InChI is InChI=1S/C24H26N2O4S/c1-29-19-12-6-5-11-18(19)26(24(28)20-13-7-15-30-20)22(21-14-8-16-31-21)23(27)25-17-9-3-2-4-10-17/h5-8,11-17,22H,2-4,9-10H2,1H3,(H,25,27). The zero-order valence-corrected chi connectivity index (χ0v) is 18.3. The molecule has 1 aliphatic rings. The van der Waals surface area contributed by atoms with E-state index in [1.807, 2.05) is 29.6 Å². The van der Waals surface area contributed by atoms with Gasteiger partial charge in [0.25, 0.3) is 5.91 Å². The van der Waals surface area contributed by atoms with Crippen molar-refractivity contribution in [2.75, 3.05) is 12.0 Å². The summed E-state index contributed by atoms with van der Waals surface area (Å²) in [7, 11) is 1.55. The Labute approximate surface area is 185 Å². The van der Waals surface area contributed by atoms with Gasteiger partial charge in [0.05, 0.1) is 19.1 Å². The lowest BCUT2D eigenvalue weighted by Crippen LogP contribution is -2.47. The number of carbonyl (C=O) groups is 2. The lowest BCUT2D eigenvalue weighted by Gasteiger charge is -2.32. The van der Waals surface area contributed by atoms with Crippen molar-refractivity contribution in [2.24, 2.45) is 0 Å². The van der Waals surface area contributed by atoms with Crippen LogP contribution in [0.3, 0.4) is 0 Å². The highest BCUT2D eigenvalue weighted by molar-refractivity contribution is 7.10. The molecule has 1 aliphatic carbocycles. The molecule has 0 radical (unpaired) electrons. The number of benzene rings is 1. The highest BCUT2D eigenvalue weighted by atomic mass is 32.1. The third-order valence-corrected chi connectivity index (χ3v) is 6.49. The van der Waals surface area contributed by atoms with Crippen LogP contribution in [0.2, 0.25) is 0 Å². The van der Waals surface area contributed by atoms with Gasteiger partial charge < -0.3 is 14.5 Å². The van der Waals surface area contributed by atoms with Crippen molar-refractivity contribution in [3.8, 4) is 5.75 Å². The first-order valence-corrected chi connectivity index (χ1v) is 11.4. The zero-order chi connectivity index (χ0) is 21.6. The zero-order valence-electron chi connectivity index (χ0n) is 17.5. The summed E-state index contributed by atoms with van der Waals surface area (Å²) in [6, 6.07) is 13.6. The van der Waals surface area contributed by atoms with Gasteiger partial charge in [0, 0.05) is 10.9 Å². The summed E-state index contributed by atoms with van der Waals surface area (Å²) < 4.78 is 10.9. The lowest BCUT2D eigenvalue weighted by atomic mass is 9.95. The number of amides is 2. The number of ether oxygens (including phenoxy) is 1. The molecule has 3 aromatic rings. The number of furan rings is 1. The molecule has 0 saturated heterocycles. The number of para-hydroxylation sites is 2. The first kappa shape index (κ1) is 21.2. The van der Waals surface area contributed by atoms with Crippen LogP contribution in [0.4, 0.5) is 5.69 Å². The first-order valence-electron chi connectivity index (χ1n) is 10.5. The molecule has 0 spiro atoms. The molecular weight excluding hydrogens is 412 g/mol. The molecule has 1 atom stereocenters. The van der Waals surface area contributed by atoms with E-state index >= 15 is 0 Å². The summed E-state index contributed by atoms with van der Waals surface area (Å²) in [6.07, 6.45) is 6.79. The van der Waals surface area contributed by atoms with Crippen LogP contribution in [-0.4, -0.2) is 25.0 Å². The average Bonchev–Trinajstić information content (AvgIpc) is 3.52. The molecule has 4 rings (SSSR count). The van der Waals surface area contributed by atoms with Gasteiger partial charge in [-0.1, -0.05) is 37.5 Å². The van der Waals surface area contributed by atoms with E-state index < -0.39 is 11.9 Å². The number of hydrogen-bond donors (Lipinski definition) is 1. The molecule has 1 aromatic carbocycles. The van der Waals surface area contributed by atoms with E-state index in [4.69, 9.17) is 9.15 Å². The van der Waals surface area contributed by atoms with E-state index in [1.54, 1.807) is 31.4 Å². The minimum Gasteiger partial charge on any atom is -0.495 e. The van der Waals surface area contributed by atoms with Crippen LogP contribution in [0, 0.1) is 0 Å². The first-order chi connectivity index (χ1) is 15.2. The number of methoxy groups -OCH3 is 1. The van der Waals surface area contributed by atoms with Crippen molar-refractivity contribution in [2.45, 2.75) is 44.2 Å². The second kappa shape index (κ2) is 9.83. The van der Waals surface area contributed by atoms with Crippen LogP contribution in [0.25, 0.3) is 0 Å². The van der Waals surface area contributed by atoms with Gasteiger partial charge in [-0.2, -0.15) is 0 Å². The maximum absolute atomic E-state index is 13.6. The summed E-state index contributed by atoms with van der Waals surface area (Å²) in [4.78, 5) is 29.5. The van der Waals surface area contributed by atoms with Gasteiger partial charge in [-0.05, 0) is 48.6 Å². The van der Waals surface area contributed by atoms with Crippen molar-refractivity contribution >= 4 is 28.8 Å². The lowest BCUT2D eigenvalue weighted by molar-refractivity contribution is -0.123. The molecule has 7 heteroatoms. The molecule has 1 unspecified atom stereocenters. The van der Waals surface area contributed by atoms with E-state index in [9.17, 15) is 9.59 Å². The number of rotatable bonds is 7. The maximum Gasteiger partial charge on any atom is 0.295 e. The van der Waals surface area contributed by atoms with Gasteiger partial charge in [0.2, 0.25) is 5.91 Å². The summed E-state index contributed by atoms with van der Waals surface area (Å²) in [6.45, 7) is 0. The Morgan fingerprint density at radius 1 is 1.10 bits per heavy atom. The Morgan fingerprint density at radius 2 is 1.90 bits per heavy atom. The molecule has 162 valence electrons. The third kappa shape index (κ3) is 4.66. The summed E-state index contributed by atoms with van der Waals surface area (Å²) in [5.74, 6) is 0.0826. The van der Waals surface area contributed by atoms with Gasteiger partial charge in [-0.25, -0.2) is 0 Å². The van der Waals surface area contributed by atoms with Gasteiger partial charge >= 0.3 is 0 Å². The molecule has 1 saturated carbocycles. The van der Waals surface area contributed by atoms with Crippen LogP contribution < -0.4 is 15.0 Å².